The molecule has 1 aliphatic heterocycles. The van der Waals surface area contributed by atoms with Crippen molar-refractivity contribution in [3.05, 3.63) is 17.7 Å². The monoisotopic (exact) mass is 324 g/mol. The summed E-state index contributed by atoms with van der Waals surface area (Å²) in [5.74, 6) is 0.388. The van der Waals surface area contributed by atoms with E-state index in [-0.39, 0.29) is 43.9 Å². The molecular formula is C12H15ClF2N2O4. The van der Waals surface area contributed by atoms with E-state index in [0.29, 0.717) is 17.1 Å². The van der Waals surface area contributed by atoms with Gasteiger partial charge in [-0.05, 0) is 6.07 Å². The standard InChI is InChI=1S/C12H14F2N2O4.ClH/c1-16(11(17)4-15)5-7-2-9-10(19-6-18-9)3-8(7)20-12(13)14;/h2-3,12H,4-6,15H2,1H3;1H. The topological polar surface area (TPSA) is 74.0 Å². The van der Waals surface area contributed by atoms with Gasteiger partial charge in [-0.2, -0.15) is 8.78 Å². The third kappa shape index (κ3) is 4.08. The minimum Gasteiger partial charge on any atom is -0.454 e. The number of hydrogen-bond donors (Lipinski definition) is 1. The van der Waals surface area contributed by atoms with Crippen LogP contribution in [0.1, 0.15) is 5.56 Å². The highest BCUT2D eigenvalue weighted by molar-refractivity contribution is 5.85. The van der Waals surface area contributed by atoms with Gasteiger partial charge in [-0.1, -0.05) is 0 Å². The minimum atomic E-state index is -2.97. The lowest BCUT2D eigenvalue weighted by atomic mass is 10.1. The maximum Gasteiger partial charge on any atom is 0.387 e. The van der Waals surface area contributed by atoms with Crippen LogP contribution in [0.3, 0.4) is 0 Å². The normalized spacial score (nSPS) is 12.0. The van der Waals surface area contributed by atoms with Crippen molar-refractivity contribution in [3.8, 4) is 17.2 Å². The molecule has 9 heteroatoms. The summed E-state index contributed by atoms with van der Waals surface area (Å²) in [7, 11) is 1.52. The Morgan fingerprint density at radius 2 is 2.05 bits per heavy atom. The third-order valence-corrected chi connectivity index (χ3v) is 2.78. The second kappa shape index (κ2) is 7.28. The highest BCUT2D eigenvalue weighted by atomic mass is 35.5. The Hall–Kier alpha value is -1.80. The maximum absolute atomic E-state index is 12.4. The highest BCUT2D eigenvalue weighted by Gasteiger charge is 2.21. The van der Waals surface area contributed by atoms with Gasteiger partial charge in [0.1, 0.15) is 5.75 Å². The number of amides is 1. The molecule has 2 N–H and O–H groups in total. The number of benzene rings is 1. The number of alkyl halides is 2. The molecule has 0 spiro atoms. The average Bonchev–Trinajstić information content (AvgIpc) is 2.84. The molecule has 0 fully saturated rings. The molecule has 1 aliphatic rings. The Labute approximate surface area is 126 Å². The number of fused-ring (bicyclic) bond motifs is 1. The van der Waals surface area contributed by atoms with Crippen molar-refractivity contribution in [3.63, 3.8) is 0 Å². The van der Waals surface area contributed by atoms with Crippen LogP contribution in [0.25, 0.3) is 0 Å². The number of hydrogen-bond acceptors (Lipinski definition) is 5. The first-order chi connectivity index (χ1) is 9.51. The molecule has 118 valence electrons. The molecule has 6 nitrogen and oxygen atoms in total. The zero-order chi connectivity index (χ0) is 14.7. The number of halogens is 3. The van der Waals surface area contributed by atoms with Crippen molar-refractivity contribution < 1.29 is 27.8 Å². The van der Waals surface area contributed by atoms with Gasteiger partial charge in [0, 0.05) is 25.2 Å². The van der Waals surface area contributed by atoms with Gasteiger partial charge in [0.25, 0.3) is 0 Å². The van der Waals surface area contributed by atoms with Crippen molar-refractivity contribution in [2.45, 2.75) is 13.2 Å². The molecule has 0 unspecified atom stereocenters. The van der Waals surface area contributed by atoms with Gasteiger partial charge >= 0.3 is 6.61 Å². The van der Waals surface area contributed by atoms with E-state index in [4.69, 9.17) is 15.2 Å². The smallest absolute Gasteiger partial charge is 0.387 e. The number of rotatable bonds is 5. The Morgan fingerprint density at radius 1 is 1.43 bits per heavy atom. The summed E-state index contributed by atoms with van der Waals surface area (Å²) in [6, 6.07) is 2.84. The summed E-state index contributed by atoms with van der Waals surface area (Å²) < 4.78 is 39.6. The fourth-order valence-electron chi connectivity index (χ4n) is 1.79. The molecule has 0 bridgehead atoms. The van der Waals surface area contributed by atoms with Crippen molar-refractivity contribution in [1.29, 1.82) is 0 Å². The third-order valence-electron chi connectivity index (χ3n) is 2.78. The van der Waals surface area contributed by atoms with Gasteiger partial charge in [0.2, 0.25) is 12.7 Å². The number of ether oxygens (including phenoxy) is 3. The van der Waals surface area contributed by atoms with Crippen LogP contribution in [0.2, 0.25) is 0 Å². The lowest BCUT2D eigenvalue weighted by Gasteiger charge is -2.19. The van der Waals surface area contributed by atoms with Gasteiger partial charge in [-0.3, -0.25) is 4.79 Å². The van der Waals surface area contributed by atoms with Crippen molar-refractivity contribution >= 4 is 18.3 Å². The van der Waals surface area contributed by atoms with Crippen LogP contribution in [-0.2, 0) is 11.3 Å². The van der Waals surface area contributed by atoms with Crippen LogP contribution in [0.4, 0.5) is 8.78 Å². The lowest BCUT2D eigenvalue weighted by Crippen LogP contribution is -2.32. The maximum atomic E-state index is 12.4. The zero-order valence-electron chi connectivity index (χ0n) is 11.2. The van der Waals surface area contributed by atoms with Gasteiger partial charge < -0.3 is 24.8 Å². The molecule has 0 saturated heterocycles. The van der Waals surface area contributed by atoms with E-state index in [1.165, 1.54) is 24.1 Å². The Balaban J connectivity index is 0.00000220. The summed E-state index contributed by atoms with van der Waals surface area (Å²) >= 11 is 0. The van der Waals surface area contributed by atoms with Gasteiger partial charge in [0.05, 0.1) is 6.54 Å². The number of nitrogens with two attached hydrogens (primary N) is 1. The van der Waals surface area contributed by atoms with Crippen LogP contribution in [0, 0.1) is 0 Å². The largest absolute Gasteiger partial charge is 0.454 e. The second-order valence-corrected chi connectivity index (χ2v) is 4.15. The zero-order valence-corrected chi connectivity index (χ0v) is 12.0. The summed E-state index contributed by atoms with van der Waals surface area (Å²) in [5, 5.41) is 0. The van der Waals surface area contributed by atoms with Crippen LogP contribution in [0.5, 0.6) is 17.2 Å². The van der Waals surface area contributed by atoms with E-state index in [1.54, 1.807) is 0 Å². The van der Waals surface area contributed by atoms with Crippen molar-refractivity contribution in [2.24, 2.45) is 5.73 Å². The van der Waals surface area contributed by atoms with E-state index in [2.05, 4.69) is 4.74 Å². The van der Waals surface area contributed by atoms with E-state index < -0.39 is 6.61 Å². The Morgan fingerprint density at radius 3 is 2.62 bits per heavy atom. The molecule has 1 aromatic rings. The molecule has 1 amide bonds. The highest BCUT2D eigenvalue weighted by Crippen LogP contribution is 2.39. The van der Waals surface area contributed by atoms with Crippen LogP contribution in [-0.4, -0.2) is 37.8 Å². The predicted molar refractivity (Wildman–Crippen MR) is 72.0 cm³/mol. The predicted octanol–water partition coefficient (Wildman–Crippen LogP) is 1.36. The minimum absolute atomic E-state index is 0. The van der Waals surface area contributed by atoms with Crippen LogP contribution in [0.15, 0.2) is 12.1 Å². The number of carbonyl (C=O) groups excluding carboxylic acids is 1. The van der Waals surface area contributed by atoms with Crippen LogP contribution < -0.4 is 19.9 Å². The summed E-state index contributed by atoms with van der Waals surface area (Å²) in [5.41, 5.74) is 5.64. The van der Waals surface area contributed by atoms with Gasteiger partial charge in [-0.15, -0.1) is 12.4 Å². The molecule has 21 heavy (non-hydrogen) atoms. The Kier molecular flexibility index (Phi) is 5.98. The van der Waals surface area contributed by atoms with E-state index in [9.17, 15) is 13.6 Å². The fourth-order valence-corrected chi connectivity index (χ4v) is 1.79. The van der Waals surface area contributed by atoms with Crippen molar-refractivity contribution in [1.82, 2.24) is 4.90 Å². The molecule has 0 aliphatic carbocycles. The molecule has 0 radical (unpaired) electrons. The van der Waals surface area contributed by atoms with Gasteiger partial charge in [-0.25, -0.2) is 0 Å². The first kappa shape index (κ1) is 17.3. The number of carbonyl (C=O) groups is 1. The fraction of sp³-hybridized carbons (Fsp3) is 0.417. The lowest BCUT2D eigenvalue weighted by molar-refractivity contribution is -0.128. The van der Waals surface area contributed by atoms with Crippen molar-refractivity contribution in [2.75, 3.05) is 20.4 Å². The van der Waals surface area contributed by atoms with Crippen LogP contribution >= 0.6 is 12.4 Å². The summed E-state index contributed by atoms with van der Waals surface area (Å²) in [6.07, 6.45) is 0. The molecule has 1 aromatic carbocycles. The second-order valence-electron chi connectivity index (χ2n) is 4.15. The Bertz CT molecular complexity index is 516. The first-order valence-corrected chi connectivity index (χ1v) is 5.82. The average molecular weight is 325 g/mol. The number of nitrogens with zero attached hydrogens (tertiary/aromatic N) is 1. The summed E-state index contributed by atoms with van der Waals surface area (Å²) in [6.45, 7) is -3.03. The van der Waals surface area contributed by atoms with E-state index in [0.717, 1.165) is 0 Å². The molecule has 2 rings (SSSR count). The summed E-state index contributed by atoms with van der Waals surface area (Å²) in [4.78, 5) is 12.8. The quantitative estimate of drug-likeness (QED) is 0.885. The molecule has 1 heterocycles. The van der Waals surface area contributed by atoms with Gasteiger partial charge in [0.15, 0.2) is 11.5 Å². The number of likely N-dealkylation sites (N-methyl/N-ethyl adjacent to an activating group) is 1. The van der Waals surface area contributed by atoms with E-state index in [1.807, 2.05) is 0 Å². The SMILES string of the molecule is CN(Cc1cc2c(cc1OC(F)F)OCO2)C(=O)CN.Cl. The molecule has 0 aromatic heterocycles. The van der Waals surface area contributed by atoms with E-state index >= 15 is 0 Å². The molecule has 0 atom stereocenters. The molecule has 0 saturated carbocycles. The first-order valence-electron chi connectivity index (χ1n) is 5.82. The molecular weight excluding hydrogens is 310 g/mol.